The Balaban J connectivity index is 0. The highest BCUT2D eigenvalue weighted by atomic mass is 16.1. The molecule has 0 aromatic carbocycles. The van der Waals surface area contributed by atoms with Crippen LogP contribution in [0.5, 0.6) is 0 Å². The molecule has 0 unspecified atom stereocenters. The molecule has 0 radical (unpaired) electrons. The Labute approximate surface area is 68.5 Å². The van der Waals surface area contributed by atoms with Gasteiger partial charge in [-0.2, -0.15) is 0 Å². The number of unbranched alkanes of at least 4 members (excludes halogenated alkanes) is 1. The van der Waals surface area contributed by atoms with E-state index in [9.17, 15) is 4.79 Å². The lowest BCUT2D eigenvalue weighted by Crippen LogP contribution is -2.11. The Bertz CT molecular complexity index is 130. The fourth-order valence-corrected chi connectivity index (χ4v) is 0.461. The monoisotopic (exact) mass is 158 g/mol. The summed E-state index contributed by atoms with van der Waals surface area (Å²) in [5.41, 5.74) is 10.1. The quantitative estimate of drug-likeness (QED) is 0.596. The number of amides is 1. The Morgan fingerprint density at radius 3 is 2.18 bits per heavy atom. The molecule has 0 atom stereocenters. The van der Waals surface area contributed by atoms with Gasteiger partial charge in [0.1, 0.15) is 0 Å². The van der Waals surface area contributed by atoms with Crippen LogP contribution in [0.25, 0.3) is 0 Å². The molecule has 0 aromatic heterocycles. The standard InChI is InChI=1S/C7H13NO.CH5N/c1-3-4-5-6(2)7(8)9;1-2/h5H,3-4H2,1-2H3,(H2,8,9);2H2,1H3. The molecular formula is C8H18N2O. The van der Waals surface area contributed by atoms with Gasteiger partial charge < -0.3 is 11.5 Å². The molecule has 0 aromatic rings. The van der Waals surface area contributed by atoms with Gasteiger partial charge in [-0.15, -0.1) is 0 Å². The molecule has 0 aliphatic carbocycles. The second kappa shape index (κ2) is 9.17. The van der Waals surface area contributed by atoms with Crippen molar-refractivity contribution in [2.75, 3.05) is 7.05 Å². The van der Waals surface area contributed by atoms with Crippen LogP contribution in [0.4, 0.5) is 0 Å². The number of carbonyl (C=O) groups is 1. The van der Waals surface area contributed by atoms with Crippen molar-refractivity contribution in [1.29, 1.82) is 0 Å². The fraction of sp³-hybridized carbons (Fsp3) is 0.625. The maximum absolute atomic E-state index is 10.4. The predicted molar refractivity (Wildman–Crippen MR) is 48.0 cm³/mol. The zero-order valence-corrected chi connectivity index (χ0v) is 7.55. The van der Waals surface area contributed by atoms with E-state index in [2.05, 4.69) is 12.7 Å². The van der Waals surface area contributed by atoms with Gasteiger partial charge in [0, 0.05) is 5.57 Å². The van der Waals surface area contributed by atoms with E-state index < -0.39 is 0 Å². The second-order valence-corrected chi connectivity index (χ2v) is 2.04. The number of allylic oxidation sites excluding steroid dienone is 1. The lowest BCUT2D eigenvalue weighted by molar-refractivity contribution is -0.114. The molecular weight excluding hydrogens is 140 g/mol. The molecule has 0 saturated heterocycles. The van der Waals surface area contributed by atoms with Crippen LogP contribution in [0.1, 0.15) is 26.7 Å². The van der Waals surface area contributed by atoms with Crippen LogP contribution in [0.3, 0.4) is 0 Å². The van der Waals surface area contributed by atoms with E-state index in [4.69, 9.17) is 5.73 Å². The second-order valence-electron chi connectivity index (χ2n) is 2.04. The van der Waals surface area contributed by atoms with Gasteiger partial charge in [-0.3, -0.25) is 4.79 Å². The summed E-state index contributed by atoms with van der Waals surface area (Å²) in [4.78, 5) is 10.4. The van der Waals surface area contributed by atoms with Crippen molar-refractivity contribution in [3.8, 4) is 0 Å². The van der Waals surface area contributed by atoms with E-state index in [0.29, 0.717) is 5.57 Å². The summed E-state index contributed by atoms with van der Waals surface area (Å²) in [5.74, 6) is -0.316. The first kappa shape index (κ1) is 12.8. The Morgan fingerprint density at radius 1 is 1.45 bits per heavy atom. The summed E-state index contributed by atoms with van der Waals surface area (Å²) < 4.78 is 0. The summed E-state index contributed by atoms with van der Waals surface area (Å²) >= 11 is 0. The molecule has 0 fully saturated rings. The van der Waals surface area contributed by atoms with Crippen molar-refractivity contribution in [2.45, 2.75) is 26.7 Å². The molecule has 11 heavy (non-hydrogen) atoms. The number of primary amides is 1. The van der Waals surface area contributed by atoms with Crippen LogP contribution in [0, 0.1) is 0 Å². The van der Waals surface area contributed by atoms with Crippen molar-refractivity contribution in [2.24, 2.45) is 11.5 Å². The maximum Gasteiger partial charge on any atom is 0.244 e. The van der Waals surface area contributed by atoms with Crippen LogP contribution < -0.4 is 11.5 Å². The summed E-state index contributed by atoms with van der Waals surface area (Å²) in [6.45, 7) is 3.79. The molecule has 3 heteroatoms. The van der Waals surface area contributed by atoms with Crippen molar-refractivity contribution in [1.82, 2.24) is 0 Å². The number of hydrogen-bond acceptors (Lipinski definition) is 2. The lowest BCUT2D eigenvalue weighted by atomic mass is 10.2. The largest absolute Gasteiger partial charge is 0.366 e. The third kappa shape index (κ3) is 9.17. The van der Waals surface area contributed by atoms with E-state index >= 15 is 0 Å². The molecule has 4 N–H and O–H groups in total. The van der Waals surface area contributed by atoms with Crippen molar-refractivity contribution in [3.63, 3.8) is 0 Å². The summed E-state index contributed by atoms with van der Waals surface area (Å²) in [6.07, 6.45) is 3.86. The summed E-state index contributed by atoms with van der Waals surface area (Å²) in [5, 5.41) is 0. The van der Waals surface area contributed by atoms with Gasteiger partial charge in [0.2, 0.25) is 5.91 Å². The van der Waals surface area contributed by atoms with Gasteiger partial charge in [0.05, 0.1) is 0 Å². The first-order chi connectivity index (χ1) is 5.18. The molecule has 1 amide bonds. The Morgan fingerprint density at radius 2 is 1.91 bits per heavy atom. The van der Waals surface area contributed by atoms with Crippen LogP contribution >= 0.6 is 0 Å². The molecule has 66 valence electrons. The third-order valence-corrected chi connectivity index (χ3v) is 1.13. The average molecular weight is 158 g/mol. The molecule has 0 bridgehead atoms. The zero-order chi connectivity index (χ0) is 9.28. The van der Waals surface area contributed by atoms with Gasteiger partial charge in [0.25, 0.3) is 0 Å². The Hall–Kier alpha value is -0.830. The fourth-order valence-electron chi connectivity index (χ4n) is 0.461. The SMILES string of the molecule is CCCC=C(C)C(N)=O.CN. The van der Waals surface area contributed by atoms with Gasteiger partial charge in [-0.1, -0.05) is 19.4 Å². The highest BCUT2D eigenvalue weighted by molar-refractivity contribution is 5.91. The first-order valence-electron chi connectivity index (χ1n) is 3.72. The van der Waals surface area contributed by atoms with Gasteiger partial charge in [0.15, 0.2) is 0 Å². The normalized spacial score (nSPS) is 10.0. The first-order valence-corrected chi connectivity index (χ1v) is 3.72. The average Bonchev–Trinajstić information content (AvgIpc) is 2.03. The van der Waals surface area contributed by atoms with E-state index in [-0.39, 0.29) is 5.91 Å². The van der Waals surface area contributed by atoms with Crippen molar-refractivity contribution in [3.05, 3.63) is 11.6 Å². The minimum absolute atomic E-state index is 0.316. The van der Waals surface area contributed by atoms with E-state index in [1.165, 1.54) is 7.05 Å². The van der Waals surface area contributed by atoms with Crippen molar-refractivity contribution >= 4 is 5.91 Å². The molecule has 0 saturated carbocycles. The Kier molecular flexibility index (Phi) is 10.7. The molecule has 0 aliphatic heterocycles. The highest BCUT2D eigenvalue weighted by Gasteiger charge is 1.93. The third-order valence-electron chi connectivity index (χ3n) is 1.13. The number of carbonyl (C=O) groups excluding carboxylic acids is 1. The molecule has 0 spiro atoms. The molecule has 0 heterocycles. The maximum atomic E-state index is 10.4. The summed E-state index contributed by atoms with van der Waals surface area (Å²) in [7, 11) is 1.50. The van der Waals surface area contributed by atoms with E-state index in [1.54, 1.807) is 6.92 Å². The lowest BCUT2D eigenvalue weighted by Gasteiger charge is -1.90. The van der Waals surface area contributed by atoms with Crippen molar-refractivity contribution < 1.29 is 4.79 Å². The minimum atomic E-state index is -0.316. The van der Waals surface area contributed by atoms with Gasteiger partial charge >= 0.3 is 0 Å². The van der Waals surface area contributed by atoms with Crippen LogP contribution in [0.15, 0.2) is 11.6 Å². The van der Waals surface area contributed by atoms with Crippen LogP contribution in [0.2, 0.25) is 0 Å². The number of nitrogens with two attached hydrogens (primary N) is 2. The highest BCUT2D eigenvalue weighted by Crippen LogP contribution is 1.95. The smallest absolute Gasteiger partial charge is 0.244 e. The van der Waals surface area contributed by atoms with Gasteiger partial charge in [-0.05, 0) is 20.4 Å². The predicted octanol–water partition coefficient (Wildman–Crippen LogP) is 0.793. The zero-order valence-electron chi connectivity index (χ0n) is 7.55. The van der Waals surface area contributed by atoms with E-state index in [1.807, 2.05) is 6.08 Å². The topological polar surface area (TPSA) is 69.1 Å². The van der Waals surface area contributed by atoms with Crippen LogP contribution in [-0.2, 0) is 4.79 Å². The summed E-state index contributed by atoms with van der Waals surface area (Å²) in [6, 6.07) is 0. The minimum Gasteiger partial charge on any atom is -0.366 e. The van der Waals surface area contributed by atoms with Gasteiger partial charge in [-0.25, -0.2) is 0 Å². The van der Waals surface area contributed by atoms with E-state index in [0.717, 1.165) is 12.8 Å². The van der Waals surface area contributed by atoms with Crippen LogP contribution in [-0.4, -0.2) is 13.0 Å². The molecule has 3 nitrogen and oxygen atoms in total. The number of hydrogen-bond donors (Lipinski definition) is 2. The molecule has 0 rings (SSSR count). The molecule has 0 aliphatic rings. The number of rotatable bonds is 3.